The smallest absolute Gasteiger partial charge is 0.341 e. The largest absolute Gasteiger partial charge is 0.462 e. The molecule has 0 saturated heterocycles. The number of benzene rings is 2. The predicted molar refractivity (Wildman–Crippen MR) is 114 cm³/mol. The number of carbonyl (C=O) groups excluding carboxylic acids is 2. The van der Waals surface area contributed by atoms with Crippen LogP contribution in [0.2, 0.25) is 0 Å². The topological polar surface area (TPSA) is 79.2 Å². The Hall–Kier alpha value is -3.76. The van der Waals surface area contributed by atoms with Gasteiger partial charge in [-0.25, -0.2) is 9.18 Å². The SMILES string of the molecule is CCOC(=O)c1c(-c2ccccc2)csc1NC(=O)/C(C#N)=C\c1ccccc1F. The summed E-state index contributed by atoms with van der Waals surface area (Å²) in [6.07, 6.45) is 1.17. The highest BCUT2D eigenvalue weighted by Gasteiger charge is 2.23. The van der Waals surface area contributed by atoms with E-state index < -0.39 is 17.7 Å². The van der Waals surface area contributed by atoms with Crippen LogP contribution in [-0.2, 0) is 9.53 Å². The van der Waals surface area contributed by atoms with E-state index in [0.717, 1.165) is 16.9 Å². The molecule has 150 valence electrons. The minimum atomic E-state index is -0.743. The molecule has 0 aliphatic carbocycles. The zero-order chi connectivity index (χ0) is 21.5. The molecular weight excluding hydrogens is 403 g/mol. The predicted octanol–water partition coefficient (Wildman–Crippen LogP) is 5.28. The first-order valence-electron chi connectivity index (χ1n) is 9.06. The van der Waals surface area contributed by atoms with Crippen LogP contribution in [0.4, 0.5) is 9.39 Å². The first kappa shape index (κ1) is 21.0. The molecular formula is C23H17FN2O3S. The summed E-state index contributed by atoms with van der Waals surface area (Å²) in [5.74, 6) is -1.87. The van der Waals surface area contributed by atoms with E-state index in [9.17, 15) is 19.2 Å². The van der Waals surface area contributed by atoms with Gasteiger partial charge < -0.3 is 10.1 Å². The number of rotatable bonds is 6. The van der Waals surface area contributed by atoms with Crippen molar-refractivity contribution >= 4 is 34.3 Å². The van der Waals surface area contributed by atoms with E-state index in [-0.39, 0.29) is 28.3 Å². The number of hydrogen-bond donors (Lipinski definition) is 1. The highest BCUT2D eigenvalue weighted by molar-refractivity contribution is 7.15. The van der Waals surface area contributed by atoms with Crippen molar-refractivity contribution in [3.05, 3.63) is 82.5 Å². The summed E-state index contributed by atoms with van der Waals surface area (Å²) in [6, 6.07) is 16.8. The van der Waals surface area contributed by atoms with Crippen LogP contribution in [0.25, 0.3) is 17.2 Å². The zero-order valence-electron chi connectivity index (χ0n) is 16.0. The second-order valence-electron chi connectivity index (χ2n) is 6.09. The fourth-order valence-corrected chi connectivity index (χ4v) is 3.71. The number of nitriles is 1. The van der Waals surface area contributed by atoms with Crippen LogP contribution in [0.5, 0.6) is 0 Å². The molecule has 0 saturated carbocycles. The molecule has 1 heterocycles. The quantitative estimate of drug-likeness (QED) is 0.334. The van der Waals surface area contributed by atoms with E-state index in [4.69, 9.17) is 4.74 Å². The summed E-state index contributed by atoms with van der Waals surface area (Å²) >= 11 is 1.15. The van der Waals surface area contributed by atoms with Gasteiger partial charge in [0.05, 0.1) is 6.61 Å². The van der Waals surface area contributed by atoms with E-state index in [2.05, 4.69) is 5.32 Å². The third-order valence-electron chi connectivity index (χ3n) is 4.15. The van der Waals surface area contributed by atoms with Crippen molar-refractivity contribution in [1.82, 2.24) is 0 Å². The van der Waals surface area contributed by atoms with E-state index >= 15 is 0 Å². The van der Waals surface area contributed by atoms with Gasteiger partial charge in [0.2, 0.25) is 0 Å². The Labute approximate surface area is 177 Å². The molecule has 5 nitrogen and oxygen atoms in total. The average Bonchev–Trinajstić information content (AvgIpc) is 3.17. The van der Waals surface area contributed by atoms with Gasteiger partial charge in [-0.3, -0.25) is 4.79 Å². The molecule has 2 aromatic carbocycles. The van der Waals surface area contributed by atoms with Crippen LogP contribution in [0.3, 0.4) is 0 Å². The van der Waals surface area contributed by atoms with E-state index in [1.807, 2.05) is 30.3 Å². The summed E-state index contributed by atoms with van der Waals surface area (Å²) in [7, 11) is 0. The lowest BCUT2D eigenvalue weighted by molar-refractivity contribution is -0.112. The molecule has 1 amide bonds. The van der Waals surface area contributed by atoms with Crippen molar-refractivity contribution < 1.29 is 18.7 Å². The molecule has 3 rings (SSSR count). The zero-order valence-corrected chi connectivity index (χ0v) is 16.8. The Morgan fingerprint density at radius 1 is 1.17 bits per heavy atom. The molecule has 0 fully saturated rings. The van der Waals surface area contributed by atoms with Crippen molar-refractivity contribution in [3.63, 3.8) is 0 Å². The summed E-state index contributed by atoms with van der Waals surface area (Å²) < 4.78 is 19.0. The molecule has 1 aromatic heterocycles. The first-order chi connectivity index (χ1) is 14.5. The van der Waals surface area contributed by atoms with Crippen molar-refractivity contribution in [3.8, 4) is 17.2 Å². The normalized spacial score (nSPS) is 10.9. The molecule has 30 heavy (non-hydrogen) atoms. The molecule has 7 heteroatoms. The second-order valence-corrected chi connectivity index (χ2v) is 6.97. The number of ether oxygens (including phenoxy) is 1. The number of hydrogen-bond acceptors (Lipinski definition) is 5. The van der Waals surface area contributed by atoms with Crippen LogP contribution in [0.1, 0.15) is 22.8 Å². The summed E-state index contributed by atoms with van der Waals surface area (Å²) in [5, 5.41) is 14.0. The third kappa shape index (κ3) is 4.62. The summed E-state index contributed by atoms with van der Waals surface area (Å²) in [4.78, 5) is 25.2. The molecule has 0 spiro atoms. The highest BCUT2D eigenvalue weighted by atomic mass is 32.1. The molecule has 1 N–H and O–H groups in total. The van der Waals surface area contributed by atoms with Crippen molar-refractivity contribution in [2.75, 3.05) is 11.9 Å². The van der Waals surface area contributed by atoms with Gasteiger partial charge in [0.15, 0.2) is 0 Å². The number of anilines is 1. The molecule has 0 aliphatic heterocycles. The van der Waals surface area contributed by atoms with Crippen molar-refractivity contribution in [2.45, 2.75) is 6.92 Å². The maximum Gasteiger partial charge on any atom is 0.341 e. The monoisotopic (exact) mass is 420 g/mol. The molecule has 3 aromatic rings. The number of amides is 1. The molecule has 0 aliphatic rings. The standard InChI is InChI=1S/C23H17FN2O3S/c1-2-29-23(28)20-18(15-8-4-3-5-9-15)14-30-22(20)26-21(27)17(13-25)12-16-10-6-7-11-19(16)24/h3-12,14H,2H2,1H3,(H,26,27)/b17-12-. The second kappa shape index (κ2) is 9.63. The van der Waals surface area contributed by atoms with Gasteiger partial charge in [-0.1, -0.05) is 48.5 Å². The van der Waals surface area contributed by atoms with Crippen molar-refractivity contribution in [1.29, 1.82) is 5.26 Å². The fraction of sp³-hybridized carbons (Fsp3) is 0.0870. The van der Waals surface area contributed by atoms with Crippen molar-refractivity contribution in [2.24, 2.45) is 0 Å². The number of esters is 1. The maximum atomic E-state index is 13.9. The lowest BCUT2D eigenvalue weighted by Crippen LogP contribution is -2.16. The van der Waals surface area contributed by atoms with E-state index in [0.29, 0.717) is 5.56 Å². The molecule has 0 bridgehead atoms. The van der Waals surface area contributed by atoms with Gasteiger partial charge in [-0.15, -0.1) is 11.3 Å². The van der Waals surface area contributed by atoms with Gasteiger partial charge in [-0.05, 0) is 24.6 Å². The van der Waals surface area contributed by atoms with Crippen LogP contribution >= 0.6 is 11.3 Å². The van der Waals surface area contributed by atoms with Gasteiger partial charge in [-0.2, -0.15) is 5.26 Å². The average molecular weight is 420 g/mol. The minimum Gasteiger partial charge on any atom is -0.462 e. The van der Waals surface area contributed by atoms with E-state index in [1.54, 1.807) is 24.4 Å². The third-order valence-corrected chi connectivity index (χ3v) is 5.05. The first-order valence-corrected chi connectivity index (χ1v) is 9.94. The van der Waals surface area contributed by atoms with Crippen LogP contribution in [0.15, 0.2) is 65.6 Å². The van der Waals surface area contributed by atoms with Gasteiger partial charge in [0, 0.05) is 16.5 Å². The Kier molecular flexibility index (Phi) is 6.73. The van der Waals surface area contributed by atoms with Gasteiger partial charge in [0.1, 0.15) is 28.0 Å². The lowest BCUT2D eigenvalue weighted by Gasteiger charge is -2.08. The number of nitrogens with one attached hydrogen (secondary N) is 1. The molecule has 0 atom stereocenters. The fourth-order valence-electron chi connectivity index (χ4n) is 2.75. The summed E-state index contributed by atoms with van der Waals surface area (Å²) in [5.41, 5.74) is 1.45. The Morgan fingerprint density at radius 3 is 2.53 bits per heavy atom. The Bertz CT molecular complexity index is 1150. The number of carbonyl (C=O) groups is 2. The highest BCUT2D eigenvalue weighted by Crippen LogP contribution is 2.36. The number of halogens is 1. The lowest BCUT2D eigenvalue weighted by atomic mass is 10.0. The van der Waals surface area contributed by atoms with Gasteiger partial charge >= 0.3 is 5.97 Å². The summed E-state index contributed by atoms with van der Waals surface area (Å²) in [6.45, 7) is 1.86. The number of nitrogens with zero attached hydrogens (tertiary/aromatic N) is 1. The Morgan fingerprint density at radius 2 is 1.87 bits per heavy atom. The Balaban J connectivity index is 1.97. The van der Waals surface area contributed by atoms with Crippen LogP contribution < -0.4 is 5.32 Å². The van der Waals surface area contributed by atoms with E-state index in [1.165, 1.54) is 24.3 Å². The van der Waals surface area contributed by atoms with Crippen LogP contribution in [0, 0.1) is 17.1 Å². The molecule has 0 unspecified atom stereocenters. The maximum absolute atomic E-state index is 13.9. The number of thiophene rings is 1. The van der Waals surface area contributed by atoms with Crippen LogP contribution in [-0.4, -0.2) is 18.5 Å². The minimum absolute atomic E-state index is 0.117. The molecule has 0 radical (unpaired) electrons. The van der Waals surface area contributed by atoms with Gasteiger partial charge in [0.25, 0.3) is 5.91 Å².